The maximum atomic E-state index is 12.0. The van der Waals surface area contributed by atoms with Crippen molar-refractivity contribution in [2.45, 2.75) is 0 Å². The van der Waals surface area contributed by atoms with Gasteiger partial charge in [-0.1, -0.05) is 18.2 Å². The van der Waals surface area contributed by atoms with Crippen molar-refractivity contribution >= 4 is 17.5 Å². The minimum Gasteiger partial charge on any atom is -0.497 e. The maximum absolute atomic E-state index is 12.0. The third kappa shape index (κ3) is 3.76. The number of ether oxygens (including phenoxy) is 1. The molecular formula is C16H13NO4. The van der Waals surface area contributed by atoms with Gasteiger partial charge in [0.05, 0.1) is 12.0 Å². The van der Waals surface area contributed by atoms with E-state index < -0.39 is 4.92 Å². The Morgan fingerprint density at radius 3 is 2.52 bits per heavy atom. The topological polar surface area (TPSA) is 69.4 Å². The van der Waals surface area contributed by atoms with Gasteiger partial charge in [0.25, 0.3) is 5.69 Å². The van der Waals surface area contributed by atoms with Crippen molar-refractivity contribution in [3.63, 3.8) is 0 Å². The van der Waals surface area contributed by atoms with Gasteiger partial charge in [0.1, 0.15) is 5.75 Å². The van der Waals surface area contributed by atoms with E-state index in [1.807, 2.05) is 0 Å². The van der Waals surface area contributed by atoms with Gasteiger partial charge in [0.15, 0.2) is 5.78 Å². The number of non-ortho nitro benzene ring substituents is 1. The average Bonchev–Trinajstić information content (AvgIpc) is 2.53. The standard InChI is InChI=1S/C16H13NO4/c1-21-15-8-6-13(7-9-15)16(18)10-5-12-3-2-4-14(11-12)17(19)20/h2-11H,1H3/b10-5+. The Morgan fingerprint density at radius 2 is 1.90 bits per heavy atom. The molecule has 0 aromatic heterocycles. The van der Waals surface area contributed by atoms with Gasteiger partial charge in [-0.25, -0.2) is 0 Å². The van der Waals surface area contributed by atoms with E-state index in [9.17, 15) is 14.9 Å². The Hall–Kier alpha value is -2.95. The molecule has 2 rings (SSSR count). The molecule has 0 radical (unpaired) electrons. The van der Waals surface area contributed by atoms with E-state index in [0.717, 1.165) is 0 Å². The highest BCUT2D eigenvalue weighted by Gasteiger charge is 2.05. The molecule has 2 aromatic carbocycles. The van der Waals surface area contributed by atoms with Gasteiger partial charge in [-0.05, 0) is 35.9 Å². The second kappa shape index (κ2) is 6.47. The van der Waals surface area contributed by atoms with Crippen LogP contribution in [0.15, 0.2) is 54.6 Å². The number of methoxy groups -OCH3 is 1. The van der Waals surface area contributed by atoms with Crippen LogP contribution >= 0.6 is 0 Å². The molecule has 5 nitrogen and oxygen atoms in total. The predicted molar refractivity (Wildman–Crippen MR) is 79.5 cm³/mol. The van der Waals surface area contributed by atoms with Crippen LogP contribution in [0.4, 0.5) is 5.69 Å². The first-order chi connectivity index (χ1) is 10.1. The predicted octanol–water partition coefficient (Wildman–Crippen LogP) is 3.50. The van der Waals surface area contributed by atoms with Crippen molar-refractivity contribution in [3.05, 3.63) is 75.8 Å². The van der Waals surface area contributed by atoms with Crippen molar-refractivity contribution in [2.24, 2.45) is 0 Å². The van der Waals surface area contributed by atoms with Crippen LogP contribution in [0.5, 0.6) is 5.75 Å². The number of nitro benzene ring substituents is 1. The van der Waals surface area contributed by atoms with E-state index in [0.29, 0.717) is 16.9 Å². The summed E-state index contributed by atoms with van der Waals surface area (Å²) in [6.45, 7) is 0. The highest BCUT2D eigenvalue weighted by molar-refractivity contribution is 6.06. The average molecular weight is 283 g/mol. The van der Waals surface area contributed by atoms with Gasteiger partial charge in [0.2, 0.25) is 0 Å². The highest BCUT2D eigenvalue weighted by atomic mass is 16.6. The van der Waals surface area contributed by atoms with Crippen LogP contribution < -0.4 is 4.74 Å². The Kier molecular flexibility index (Phi) is 4.46. The number of nitrogens with zero attached hydrogens (tertiary/aromatic N) is 1. The molecule has 0 bridgehead atoms. The number of hydrogen-bond donors (Lipinski definition) is 0. The van der Waals surface area contributed by atoms with Gasteiger partial charge in [-0.3, -0.25) is 14.9 Å². The van der Waals surface area contributed by atoms with Crippen molar-refractivity contribution in [3.8, 4) is 5.75 Å². The lowest BCUT2D eigenvalue weighted by Crippen LogP contribution is -1.94. The van der Waals surface area contributed by atoms with Crippen molar-refractivity contribution in [2.75, 3.05) is 7.11 Å². The summed E-state index contributed by atoms with van der Waals surface area (Å²) in [5.74, 6) is 0.498. The molecule has 21 heavy (non-hydrogen) atoms. The van der Waals surface area contributed by atoms with Crippen molar-refractivity contribution in [1.82, 2.24) is 0 Å². The second-order valence-electron chi connectivity index (χ2n) is 4.28. The third-order valence-corrected chi connectivity index (χ3v) is 2.88. The van der Waals surface area contributed by atoms with Gasteiger partial charge < -0.3 is 4.74 Å². The Morgan fingerprint density at radius 1 is 1.19 bits per heavy atom. The van der Waals surface area contributed by atoms with E-state index in [4.69, 9.17) is 4.74 Å². The minimum absolute atomic E-state index is 0.00551. The molecular weight excluding hydrogens is 270 g/mol. The number of carbonyl (C=O) groups excluding carboxylic acids is 1. The van der Waals surface area contributed by atoms with Gasteiger partial charge >= 0.3 is 0 Å². The van der Waals surface area contributed by atoms with E-state index in [1.54, 1.807) is 49.6 Å². The Labute approximate surface area is 121 Å². The largest absolute Gasteiger partial charge is 0.497 e. The first kappa shape index (κ1) is 14.5. The molecule has 5 heteroatoms. The van der Waals surface area contributed by atoms with E-state index in [1.165, 1.54) is 18.2 Å². The zero-order valence-electron chi connectivity index (χ0n) is 11.4. The van der Waals surface area contributed by atoms with Crippen LogP contribution in [0.1, 0.15) is 15.9 Å². The second-order valence-corrected chi connectivity index (χ2v) is 4.28. The fourth-order valence-corrected chi connectivity index (χ4v) is 1.77. The smallest absolute Gasteiger partial charge is 0.270 e. The number of benzene rings is 2. The van der Waals surface area contributed by atoms with Crippen molar-refractivity contribution in [1.29, 1.82) is 0 Å². The van der Waals surface area contributed by atoms with Crippen LogP contribution in [0.25, 0.3) is 6.08 Å². The summed E-state index contributed by atoms with van der Waals surface area (Å²) in [7, 11) is 1.55. The van der Waals surface area contributed by atoms with E-state index >= 15 is 0 Å². The molecule has 0 aliphatic rings. The summed E-state index contributed by atoms with van der Waals surface area (Å²) >= 11 is 0. The number of allylic oxidation sites excluding steroid dienone is 1. The quantitative estimate of drug-likeness (QED) is 0.364. The summed E-state index contributed by atoms with van der Waals surface area (Å²) in [6, 6.07) is 12.8. The fraction of sp³-hybridized carbons (Fsp3) is 0.0625. The highest BCUT2D eigenvalue weighted by Crippen LogP contribution is 2.15. The summed E-state index contributed by atoms with van der Waals surface area (Å²) < 4.78 is 5.02. The molecule has 0 fully saturated rings. The molecule has 0 N–H and O–H groups in total. The van der Waals surface area contributed by atoms with Crippen LogP contribution in [0.3, 0.4) is 0 Å². The molecule has 0 spiro atoms. The zero-order chi connectivity index (χ0) is 15.2. The third-order valence-electron chi connectivity index (χ3n) is 2.88. The molecule has 0 unspecified atom stereocenters. The number of hydrogen-bond acceptors (Lipinski definition) is 4. The normalized spacial score (nSPS) is 10.5. The first-order valence-electron chi connectivity index (χ1n) is 6.21. The number of rotatable bonds is 5. The molecule has 0 heterocycles. The zero-order valence-corrected chi connectivity index (χ0v) is 11.4. The SMILES string of the molecule is COc1ccc(C(=O)/C=C/c2cccc([N+](=O)[O-])c2)cc1. The molecule has 0 amide bonds. The van der Waals surface area contributed by atoms with Crippen LogP contribution in [-0.4, -0.2) is 17.8 Å². The van der Waals surface area contributed by atoms with Crippen LogP contribution in [0, 0.1) is 10.1 Å². The fourth-order valence-electron chi connectivity index (χ4n) is 1.77. The monoisotopic (exact) mass is 283 g/mol. The Bertz CT molecular complexity index is 690. The van der Waals surface area contributed by atoms with E-state index in [2.05, 4.69) is 0 Å². The van der Waals surface area contributed by atoms with Gasteiger partial charge in [0, 0.05) is 17.7 Å². The van der Waals surface area contributed by atoms with Crippen LogP contribution in [-0.2, 0) is 0 Å². The minimum atomic E-state index is -0.470. The first-order valence-corrected chi connectivity index (χ1v) is 6.21. The number of nitro groups is 1. The van der Waals surface area contributed by atoms with Gasteiger partial charge in [-0.15, -0.1) is 0 Å². The lowest BCUT2D eigenvalue weighted by Gasteiger charge is -2.00. The summed E-state index contributed by atoms with van der Waals surface area (Å²) in [6.07, 6.45) is 2.94. The lowest BCUT2D eigenvalue weighted by molar-refractivity contribution is -0.384. The lowest BCUT2D eigenvalue weighted by atomic mass is 10.1. The van der Waals surface area contributed by atoms with Gasteiger partial charge in [-0.2, -0.15) is 0 Å². The Balaban J connectivity index is 2.14. The molecule has 0 aliphatic carbocycles. The maximum Gasteiger partial charge on any atom is 0.270 e. The number of ketones is 1. The van der Waals surface area contributed by atoms with Crippen LogP contribution in [0.2, 0.25) is 0 Å². The van der Waals surface area contributed by atoms with Crippen molar-refractivity contribution < 1.29 is 14.5 Å². The molecule has 0 saturated heterocycles. The molecule has 0 aliphatic heterocycles. The molecule has 106 valence electrons. The molecule has 0 saturated carbocycles. The number of carbonyl (C=O) groups is 1. The molecule has 0 atom stereocenters. The molecule has 2 aromatic rings. The van der Waals surface area contributed by atoms with E-state index in [-0.39, 0.29) is 11.5 Å². The summed E-state index contributed by atoms with van der Waals surface area (Å²) in [5, 5.41) is 10.7. The summed E-state index contributed by atoms with van der Waals surface area (Å²) in [5.41, 5.74) is 1.12. The summed E-state index contributed by atoms with van der Waals surface area (Å²) in [4.78, 5) is 22.2.